The van der Waals surface area contributed by atoms with Crippen LogP contribution in [0.4, 0.5) is 5.69 Å². The maximum atomic E-state index is 12.1. The number of hydrogen-bond acceptors (Lipinski definition) is 5. The van der Waals surface area contributed by atoms with Gasteiger partial charge in [0.05, 0.1) is 11.8 Å². The molecule has 0 unspecified atom stereocenters. The van der Waals surface area contributed by atoms with Gasteiger partial charge in [0.25, 0.3) is 0 Å². The average Bonchev–Trinajstić information content (AvgIpc) is 3.29. The number of aldehydes is 2. The monoisotopic (exact) mass is 491 g/mol. The number of anilines is 1. The summed E-state index contributed by atoms with van der Waals surface area (Å²) in [6.45, 7) is 2.59. The minimum Gasteiger partial charge on any atom is -0.354 e. The number of carbonyl (C=O) groups is 3. The smallest absolute Gasteiger partial charge is 0.248 e. The van der Waals surface area contributed by atoms with Gasteiger partial charge in [-0.05, 0) is 59.9 Å². The molecule has 1 aromatic heterocycles. The molecule has 1 amide bonds. The largest absolute Gasteiger partial charge is 0.354 e. The fraction of sp³-hybridized carbons (Fsp3) is 0.192. The number of benzene rings is 2. The number of hydrogen-bond donors (Lipinski definition) is 2. The van der Waals surface area contributed by atoms with E-state index in [0.717, 1.165) is 51.8 Å². The molecule has 4 rings (SSSR count). The van der Waals surface area contributed by atoms with E-state index in [-0.39, 0.29) is 0 Å². The highest BCUT2D eigenvalue weighted by Gasteiger charge is 2.22. The maximum absolute atomic E-state index is 12.1. The van der Waals surface area contributed by atoms with Crippen molar-refractivity contribution in [1.82, 2.24) is 9.29 Å². The summed E-state index contributed by atoms with van der Waals surface area (Å²) in [6.07, 6.45) is 7.29. The number of nitrogens with zero attached hydrogens (tertiary/aromatic N) is 1. The third-order valence-corrected chi connectivity index (χ3v) is 7.42. The standard InChI is InChI=1S/C26H25N3O5S/c1-17-20(5-3-6-23(17)27-25(32)7-4-14-30)21-9-8-19(16-31)26-22(21)15-24(28-26)18-10-12-29(13-11-18)35(2,33)34/h3-10,14-16,28H,11-13H2,1-2H3,(H,27,32)/b7-4-. The number of aromatic nitrogens is 1. The first-order valence-corrected chi connectivity index (χ1v) is 12.9. The van der Waals surface area contributed by atoms with Gasteiger partial charge in [-0.3, -0.25) is 14.4 Å². The van der Waals surface area contributed by atoms with Gasteiger partial charge in [0.2, 0.25) is 15.9 Å². The number of nitrogens with one attached hydrogen (secondary N) is 2. The highest BCUT2D eigenvalue weighted by Crippen LogP contribution is 2.37. The van der Waals surface area contributed by atoms with Gasteiger partial charge in [-0.25, -0.2) is 8.42 Å². The summed E-state index contributed by atoms with van der Waals surface area (Å²) in [4.78, 5) is 37.7. The fourth-order valence-electron chi connectivity index (χ4n) is 4.31. The Morgan fingerprint density at radius 1 is 1.14 bits per heavy atom. The van der Waals surface area contributed by atoms with Crippen LogP contribution < -0.4 is 5.32 Å². The van der Waals surface area contributed by atoms with Gasteiger partial charge in [-0.15, -0.1) is 0 Å². The van der Waals surface area contributed by atoms with Crippen LogP contribution in [0.25, 0.3) is 27.6 Å². The minimum atomic E-state index is -3.25. The molecule has 0 saturated heterocycles. The zero-order chi connectivity index (χ0) is 25.2. The molecular formula is C26H25N3O5S. The lowest BCUT2D eigenvalue weighted by molar-refractivity contribution is -0.112. The Morgan fingerprint density at radius 2 is 1.94 bits per heavy atom. The van der Waals surface area contributed by atoms with Gasteiger partial charge >= 0.3 is 0 Å². The van der Waals surface area contributed by atoms with Crippen molar-refractivity contribution >= 4 is 50.7 Å². The molecule has 35 heavy (non-hydrogen) atoms. The molecule has 0 radical (unpaired) electrons. The topological polar surface area (TPSA) is 116 Å². The molecule has 1 aliphatic rings. The number of allylic oxidation sites excluding steroid dienone is 1. The molecule has 0 spiro atoms. The van der Waals surface area contributed by atoms with Crippen LogP contribution in [-0.4, -0.2) is 55.5 Å². The predicted octanol–water partition coefficient (Wildman–Crippen LogP) is 3.70. The van der Waals surface area contributed by atoms with E-state index in [1.165, 1.54) is 10.6 Å². The van der Waals surface area contributed by atoms with Crippen LogP contribution in [0.3, 0.4) is 0 Å². The van der Waals surface area contributed by atoms with E-state index in [2.05, 4.69) is 10.3 Å². The Labute approximate surface area is 203 Å². The van der Waals surface area contributed by atoms with E-state index in [0.29, 0.717) is 42.6 Å². The van der Waals surface area contributed by atoms with E-state index in [1.54, 1.807) is 12.1 Å². The highest BCUT2D eigenvalue weighted by atomic mass is 32.2. The molecule has 0 fully saturated rings. The average molecular weight is 492 g/mol. The van der Waals surface area contributed by atoms with E-state index in [9.17, 15) is 22.8 Å². The first kappa shape index (κ1) is 24.3. The van der Waals surface area contributed by atoms with Crippen LogP contribution in [0, 0.1) is 6.92 Å². The maximum Gasteiger partial charge on any atom is 0.248 e. The highest BCUT2D eigenvalue weighted by molar-refractivity contribution is 7.88. The summed E-state index contributed by atoms with van der Waals surface area (Å²) in [7, 11) is -3.25. The number of rotatable bonds is 7. The molecule has 0 bridgehead atoms. The molecule has 0 aliphatic carbocycles. The van der Waals surface area contributed by atoms with Crippen LogP contribution in [0.5, 0.6) is 0 Å². The second-order valence-electron chi connectivity index (χ2n) is 8.35. The summed E-state index contributed by atoms with van der Waals surface area (Å²) < 4.78 is 25.1. The van der Waals surface area contributed by atoms with Crippen molar-refractivity contribution in [2.24, 2.45) is 0 Å². The molecule has 2 N–H and O–H groups in total. The Morgan fingerprint density at radius 3 is 2.60 bits per heavy atom. The van der Waals surface area contributed by atoms with E-state index in [4.69, 9.17) is 0 Å². The fourth-order valence-corrected chi connectivity index (χ4v) is 5.08. The van der Waals surface area contributed by atoms with Gasteiger partial charge in [0.1, 0.15) is 6.29 Å². The summed E-state index contributed by atoms with van der Waals surface area (Å²) in [5, 5.41) is 3.64. The van der Waals surface area contributed by atoms with Gasteiger partial charge in [0, 0.05) is 41.5 Å². The number of H-pyrrole nitrogens is 1. The molecule has 180 valence electrons. The van der Waals surface area contributed by atoms with Crippen molar-refractivity contribution in [1.29, 1.82) is 0 Å². The van der Waals surface area contributed by atoms with Crippen LogP contribution >= 0.6 is 0 Å². The zero-order valence-electron chi connectivity index (χ0n) is 19.4. The second kappa shape index (κ2) is 9.81. The summed E-state index contributed by atoms with van der Waals surface area (Å²) in [5.41, 5.74) is 6.27. The van der Waals surface area contributed by atoms with Crippen LogP contribution in [0.1, 0.15) is 28.0 Å². The molecule has 2 heterocycles. The van der Waals surface area contributed by atoms with Crippen LogP contribution in [-0.2, 0) is 19.6 Å². The Balaban J connectivity index is 1.77. The Bertz CT molecular complexity index is 1500. The van der Waals surface area contributed by atoms with E-state index >= 15 is 0 Å². The van der Waals surface area contributed by atoms with Crippen molar-refractivity contribution in [3.8, 4) is 11.1 Å². The summed E-state index contributed by atoms with van der Waals surface area (Å²) in [6, 6.07) is 11.2. The number of aromatic amines is 1. The van der Waals surface area contributed by atoms with Gasteiger partial charge in [-0.2, -0.15) is 4.31 Å². The molecule has 0 atom stereocenters. The number of fused-ring (bicyclic) bond motifs is 1. The lowest BCUT2D eigenvalue weighted by Gasteiger charge is -2.23. The predicted molar refractivity (Wildman–Crippen MR) is 137 cm³/mol. The quantitative estimate of drug-likeness (QED) is 0.386. The second-order valence-corrected chi connectivity index (χ2v) is 10.3. The lowest BCUT2D eigenvalue weighted by atomic mass is 9.94. The van der Waals surface area contributed by atoms with Gasteiger partial charge < -0.3 is 10.3 Å². The number of carbonyl (C=O) groups excluding carboxylic acids is 3. The molecule has 8 nitrogen and oxygen atoms in total. The molecule has 0 saturated carbocycles. The summed E-state index contributed by atoms with van der Waals surface area (Å²) in [5.74, 6) is -0.407. The van der Waals surface area contributed by atoms with Crippen molar-refractivity contribution in [2.45, 2.75) is 13.3 Å². The molecular weight excluding hydrogens is 466 g/mol. The van der Waals surface area contributed by atoms with Crippen molar-refractivity contribution in [2.75, 3.05) is 24.7 Å². The van der Waals surface area contributed by atoms with Crippen molar-refractivity contribution in [3.05, 3.63) is 71.4 Å². The zero-order valence-corrected chi connectivity index (χ0v) is 20.2. The third kappa shape index (κ3) is 5.01. The lowest BCUT2D eigenvalue weighted by Crippen LogP contribution is -2.33. The Hall–Kier alpha value is -3.82. The molecule has 9 heteroatoms. The van der Waals surface area contributed by atoms with Gasteiger partial charge in [0.15, 0.2) is 6.29 Å². The van der Waals surface area contributed by atoms with E-state index < -0.39 is 15.9 Å². The SMILES string of the molecule is Cc1c(NC(=O)/C=C\C=O)cccc1-c1ccc(C=O)c2[nH]c(C3=CCN(S(C)(=O)=O)CC3)cc12. The molecule has 3 aromatic rings. The van der Waals surface area contributed by atoms with Gasteiger partial charge in [-0.1, -0.05) is 24.3 Å². The van der Waals surface area contributed by atoms with Crippen molar-refractivity contribution < 1.29 is 22.8 Å². The first-order valence-electron chi connectivity index (χ1n) is 11.0. The van der Waals surface area contributed by atoms with Crippen LogP contribution in [0.15, 0.2) is 54.6 Å². The number of amides is 1. The summed E-state index contributed by atoms with van der Waals surface area (Å²) >= 11 is 0. The normalized spacial score (nSPS) is 14.7. The molecule has 2 aromatic carbocycles. The van der Waals surface area contributed by atoms with Crippen LogP contribution in [0.2, 0.25) is 0 Å². The number of sulfonamides is 1. The minimum absolute atomic E-state index is 0.302. The molecule has 1 aliphatic heterocycles. The first-order chi connectivity index (χ1) is 16.7. The van der Waals surface area contributed by atoms with Crippen molar-refractivity contribution in [3.63, 3.8) is 0 Å². The van der Waals surface area contributed by atoms with E-state index in [1.807, 2.05) is 37.3 Å². The Kier molecular flexibility index (Phi) is 6.81. The third-order valence-electron chi connectivity index (χ3n) is 6.15.